The highest BCUT2D eigenvalue weighted by atomic mass is 16.6. The summed E-state index contributed by atoms with van der Waals surface area (Å²) in [7, 11) is 0. The second-order valence-corrected chi connectivity index (χ2v) is 11.0. The molecule has 0 bridgehead atoms. The van der Waals surface area contributed by atoms with Crippen LogP contribution >= 0.6 is 0 Å². The number of nitrogens with one attached hydrogen (secondary N) is 2. The van der Waals surface area contributed by atoms with Crippen LogP contribution in [-0.4, -0.2) is 47.0 Å². The van der Waals surface area contributed by atoms with Crippen molar-refractivity contribution in [3.05, 3.63) is 42.0 Å². The lowest BCUT2D eigenvalue weighted by Crippen LogP contribution is -2.55. The molecule has 0 aliphatic rings. The third-order valence-electron chi connectivity index (χ3n) is 6.14. The Morgan fingerprint density at radius 1 is 1.05 bits per heavy atom. The van der Waals surface area contributed by atoms with Crippen molar-refractivity contribution in [3.8, 4) is 0 Å². The SMILES string of the molecule is C=Cc1cccc(C(C(=O)NC(C)C)N(CCCCCC)C(=O)C(NC(=O)OC(C)(C)C)C(C)CC)c1. The van der Waals surface area contributed by atoms with Gasteiger partial charge in [0, 0.05) is 12.6 Å². The van der Waals surface area contributed by atoms with Crippen molar-refractivity contribution in [2.45, 2.75) is 111 Å². The molecule has 0 radical (unpaired) electrons. The second kappa shape index (κ2) is 15.4. The number of hydrogen-bond donors (Lipinski definition) is 2. The normalized spacial score (nSPS) is 13.9. The zero-order chi connectivity index (χ0) is 28.2. The highest BCUT2D eigenvalue weighted by Crippen LogP contribution is 2.26. The summed E-state index contributed by atoms with van der Waals surface area (Å²) in [4.78, 5) is 42.2. The van der Waals surface area contributed by atoms with E-state index in [0.717, 1.165) is 31.2 Å². The first kappa shape index (κ1) is 32.2. The monoisotopic (exact) mass is 515 g/mol. The second-order valence-electron chi connectivity index (χ2n) is 11.0. The number of carbonyl (C=O) groups excluding carboxylic acids is 3. The van der Waals surface area contributed by atoms with E-state index in [1.54, 1.807) is 31.7 Å². The molecule has 0 heterocycles. The predicted molar refractivity (Wildman–Crippen MR) is 151 cm³/mol. The van der Waals surface area contributed by atoms with E-state index < -0.39 is 23.8 Å². The number of nitrogens with zero attached hydrogens (tertiary/aromatic N) is 1. The van der Waals surface area contributed by atoms with E-state index in [1.807, 2.05) is 52.0 Å². The van der Waals surface area contributed by atoms with E-state index in [1.165, 1.54) is 0 Å². The maximum atomic E-state index is 14.2. The van der Waals surface area contributed by atoms with Gasteiger partial charge < -0.3 is 20.3 Å². The van der Waals surface area contributed by atoms with Crippen LogP contribution in [-0.2, 0) is 14.3 Å². The molecule has 7 nitrogen and oxygen atoms in total. The molecule has 0 fully saturated rings. The van der Waals surface area contributed by atoms with E-state index in [4.69, 9.17) is 4.74 Å². The van der Waals surface area contributed by atoms with Crippen LogP contribution < -0.4 is 10.6 Å². The van der Waals surface area contributed by atoms with Gasteiger partial charge in [-0.25, -0.2) is 4.79 Å². The highest BCUT2D eigenvalue weighted by molar-refractivity contribution is 5.92. The summed E-state index contributed by atoms with van der Waals surface area (Å²) in [5, 5.41) is 5.81. The zero-order valence-corrected chi connectivity index (χ0v) is 24.2. The van der Waals surface area contributed by atoms with Gasteiger partial charge in [-0.1, -0.05) is 77.3 Å². The minimum Gasteiger partial charge on any atom is -0.444 e. The van der Waals surface area contributed by atoms with Gasteiger partial charge in [0.1, 0.15) is 17.7 Å². The Labute approximate surface area is 224 Å². The van der Waals surface area contributed by atoms with E-state index in [-0.39, 0.29) is 23.8 Å². The molecule has 3 atom stereocenters. The van der Waals surface area contributed by atoms with Gasteiger partial charge in [-0.15, -0.1) is 0 Å². The molecule has 3 unspecified atom stereocenters. The largest absolute Gasteiger partial charge is 0.444 e. The van der Waals surface area contributed by atoms with Crippen LogP contribution in [0.3, 0.4) is 0 Å². The maximum Gasteiger partial charge on any atom is 0.408 e. The van der Waals surface area contributed by atoms with E-state index in [0.29, 0.717) is 18.5 Å². The summed E-state index contributed by atoms with van der Waals surface area (Å²) in [6.45, 7) is 19.4. The Hall–Kier alpha value is -2.83. The number of ether oxygens (including phenoxy) is 1. The average molecular weight is 516 g/mol. The van der Waals surface area contributed by atoms with E-state index in [9.17, 15) is 14.4 Å². The molecule has 0 aromatic heterocycles. The van der Waals surface area contributed by atoms with Crippen molar-refractivity contribution >= 4 is 24.0 Å². The number of amides is 3. The van der Waals surface area contributed by atoms with Crippen LogP contribution in [0.5, 0.6) is 0 Å². The summed E-state index contributed by atoms with van der Waals surface area (Å²) < 4.78 is 5.47. The standard InChI is InChI=1S/C30H49N3O4/c1-10-13-14-15-19-33(28(35)25(22(6)11-2)32-29(36)37-30(7,8)9)26(27(34)31-21(4)5)24-18-16-17-23(12-3)20-24/h12,16-18,20-22,25-26H,3,10-11,13-15,19H2,1-2,4-9H3,(H,31,34)(H,32,36). The Bertz CT molecular complexity index is 891. The first-order valence-corrected chi connectivity index (χ1v) is 13.7. The van der Waals surface area contributed by atoms with Gasteiger partial charge in [0.15, 0.2) is 0 Å². The number of unbranched alkanes of at least 4 members (excludes halogenated alkanes) is 3. The smallest absolute Gasteiger partial charge is 0.408 e. The molecule has 2 N–H and O–H groups in total. The molecule has 208 valence electrons. The number of hydrogen-bond acceptors (Lipinski definition) is 4. The molecule has 1 aromatic carbocycles. The minimum absolute atomic E-state index is 0.0973. The van der Waals surface area contributed by atoms with Gasteiger partial charge in [0.25, 0.3) is 0 Å². The van der Waals surface area contributed by atoms with Crippen LogP contribution in [0.1, 0.15) is 105 Å². The fourth-order valence-corrected chi connectivity index (χ4v) is 4.06. The molecule has 0 spiro atoms. The van der Waals surface area contributed by atoms with Crippen molar-refractivity contribution in [2.24, 2.45) is 5.92 Å². The predicted octanol–water partition coefficient (Wildman–Crippen LogP) is 6.24. The Balaban J connectivity index is 3.55. The lowest BCUT2D eigenvalue weighted by atomic mass is 9.95. The number of carbonyl (C=O) groups is 3. The topological polar surface area (TPSA) is 87.7 Å². The van der Waals surface area contributed by atoms with Crippen LogP contribution in [0.15, 0.2) is 30.8 Å². The summed E-state index contributed by atoms with van der Waals surface area (Å²) in [5.41, 5.74) is 0.876. The van der Waals surface area contributed by atoms with E-state index >= 15 is 0 Å². The molecule has 0 aliphatic carbocycles. The van der Waals surface area contributed by atoms with Crippen molar-refractivity contribution in [2.75, 3.05) is 6.54 Å². The minimum atomic E-state index is -0.844. The molecule has 7 heteroatoms. The quantitative estimate of drug-likeness (QED) is 0.287. The van der Waals surface area contributed by atoms with Gasteiger partial charge >= 0.3 is 6.09 Å². The molecule has 0 aliphatic heterocycles. The molecule has 1 rings (SSSR count). The van der Waals surface area contributed by atoms with Gasteiger partial charge in [-0.2, -0.15) is 0 Å². The fourth-order valence-electron chi connectivity index (χ4n) is 4.06. The highest BCUT2D eigenvalue weighted by Gasteiger charge is 2.38. The summed E-state index contributed by atoms with van der Waals surface area (Å²) in [5.74, 6) is -0.698. The lowest BCUT2D eigenvalue weighted by Gasteiger charge is -2.36. The number of benzene rings is 1. The number of alkyl carbamates (subject to hydrolysis) is 1. The van der Waals surface area contributed by atoms with Crippen molar-refractivity contribution in [3.63, 3.8) is 0 Å². The van der Waals surface area contributed by atoms with Crippen LogP contribution in [0.25, 0.3) is 6.08 Å². The van der Waals surface area contributed by atoms with Crippen molar-refractivity contribution in [1.29, 1.82) is 0 Å². The van der Waals surface area contributed by atoms with Crippen LogP contribution in [0, 0.1) is 5.92 Å². The molecule has 0 saturated heterocycles. The average Bonchev–Trinajstić information content (AvgIpc) is 2.82. The molecular weight excluding hydrogens is 466 g/mol. The Morgan fingerprint density at radius 3 is 2.27 bits per heavy atom. The Kier molecular flexibility index (Phi) is 13.4. The van der Waals surface area contributed by atoms with Crippen LogP contribution in [0.4, 0.5) is 4.79 Å². The van der Waals surface area contributed by atoms with E-state index in [2.05, 4.69) is 24.1 Å². The number of rotatable bonds is 14. The first-order valence-electron chi connectivity index (χ1n) is 13.7. The van der Waals surface area contributed by atoms with Crippen molar-refractivity contribution < 1.29 is 19.1 Å². The summed E-state index contributed by atoms with van der Waals surface area (Å²) in [6.07, 6.45) is 5.55. The van der Waals surface area contributed by atoms with Gasteiger partial charge in [0.05, 0.1) is 0 Å². The van der Waals surface area contributed by atoms with Crippen molar-refractivity contribution in [1.82, 2.24) is 15.5 Å². The molecule has 1 aromatic rings. The molecule has 37 heavy (non-hydrogen) atoms. The van der Waals surface area contributed by atoms with Crippen LogP contribution in [0.2, 0.25) is 0 Å². The first-order chi connectivity index (χ1) is 17.3. The third kappa shape index (κ3) is 11.0. The summed E-state index contributed by atoms with van der Waals surface area (Å²) in [6, 6.07) is 5.76. The zero-order valence-electron chi connectivity index (χ0n) is 24.2. The maximum absolute atomic E-state index is 14.2. The summed E-state index contributed by atoms with van der Waals surface area (Å²) >= 11 is 0. The van der Waals surface area contributed by atoms with Gasteiger partial charge in [-0.3, -0.25) is 9.59 Å². The lowest BCUT2D eigenvalue weighted by molar-refractivity contribution is -0.143. The molecule has 0 saturated carbocycles. The Morgan fingerprint density at radius 2 is 1.73 bits per heavy atom. The third-order valence-corrected chi connectivity index (χ3v) is 6.14. The van der Waals surface area contributed by atoms with Gasteiger partial charge in [-0.05, 0) is 64.2 Å². The van der Waals surface area contributed by atoms with Gasteiger partial charge in [0.2, 0.25) is 11.8 Å². The fraction of sp³-hybridized carbons (Fsp3) is 0.633. The molecule has 3 amide bonds. The molecular formula is C30H49N3O4.